The first kappa shape index (κ1) is 13.3. The van der Waals surface area contributed by atoms with E-state index in [1.807, 2.05) is 6.20 Å². The lowest BCUT2D eigenvalue weighted by atomic mass is 10.2. The number of nitrogens with one attached hydrogen (secondary N) is 1. The molecule has 0 atom stereocenters. The lowest BCUT2D eigenvalue weighted by Gasteiger charge is -2.25. The second-order valence-corrected chi connectivity index (χ2v) is 4.93. The van der Waals surface area contributed by atoms with Gasteiger partial charge >= 0.3 is 0 Å². The molecule has 4 heteroatoms. The summed E-state index contributed by atoms with van der Waals surface area (Å²) in [6.07, 6.45) is 8.72. The van der Waals surface area contributed by atoms with Gasteiger partial charge in [0.2, 0.25) is 0 Å². The van der Waals surface area contributed by atoms with Crippen LogP contribution in [-0.4, -0.2) is 29.1 Å². The highest BCUT2D eigenvalue weighted by Gasteiger charge is 2.30. The standard InChI is InChI=1S/C14H24N4/c1-3-5-8-18(13-6-7-13)14-12(9-15-4-2)10-16-11-17-14/h10-11,13,15H,3-9H2,1-2H3. The second kappa shape index (κ2) is 6.69. The zero-order chi connectivity index (χ0) is 12.8. The Hall–Kier alpha value is -1.16. The van der Waals surface area contributed by atoms with Crippen LogP contribution in [0, 0.1) is 0 Å². The molecule has 0 radical (unpaired) electrons. The van der Waals surface area contributed by atoms with Crippen molar-refractivity contribution < 1.29 is 0 Å². The number of rotatable bonds is 8. The van der Waals surface area contributed by atoms with Crippen molar-refractivity contribution in [1.29, 1.82) is 0 Å². The minimum absolute atomic E-state index is 0.715. The molecule has 0 bridgehead atoms. The molecule has 1 aliphatic rings. The average Bonchev–Trinajstić information content (AvgIpc) is 3.22. The Balaban J connectivity index is 2.12. The lowest BCUT2D eigenvalue weighted by molar-refractivity contribution is 0.680. The lowest BCUT2D eigenvalue weighted by Crippen LogP contribution is -2.29. The monoisotopic (exact) mass is 248 g/mol. The van der Waals surface area contributed by atoms with Crippen LogP contribution in [0.25, 0.3) is 0 Å². The Labute approximate surface area is 110 Å². The van der Waals surface area contributed by atoms with Gasteiger partial charge in [0.05, 0.1) is 0 Å². The molecule has 18 heavy (non-hydrogen) atoms. The molecular formula is C14H24N4. The molecule has 0 aliphatic heterocycles. The van der Waals surface area contributed by atoms with Crippen LogP contribution in [0.2, 0.25) is 0 Å². The van der Waals surface area contributed by atoms with Crippen LogP contribution in [0.3, 0.4) is 0 Å². The van der Waals surface area contributed by atoms with Gasteiger partial charge in [-0.05, 0) is 25.8 Å². The third kappa shape index (κ3) is 3.42. The molecule has 100 valence electrons. The fourth-order valence-corrected chi connectivity index (χ4v) is 2.17. The van der Waals surface area contributed by atoms with Gasteiger partial charge in [0, 0.05) is 30.9 Å². The molecule has 1 saturated carbocycles. The van der Waals surface area contributed by atoms with Gasteiger partial charge in [0.1, 0.15) is 12.1 Å². The highest BCUT2D eigenvalue weighted by Crippen LogP contribution is 2.32. The smallest absolute Gasteiger partial charge is 0.136 e. The van der Waals surface area contributed by atoms with Crippen LogP contribution in [0.1, 0.15) is 45.1 Å². The summed E-state index contributed by atoms with van der Waals surface area (Å²) >= 11 is 0. The molecule has 1 aromatic heterocycles. The highest BCUT2D eigenvalue weighted by molar-refractivity contribution is 5.47. The second-order valence-electron chi connectivity index (χ2n) is 4.93. The molecule has 0 saturated heterocycles. The maximum Gasteiger partial charge on any atom is 0.136 e. The van der Waals surface area contributed by atoms with Gasteiger partial charge in [0.15, 0.2) is 0 Å². The maximum atomic E-state index is 4.52. The van der Waals surface area contributed by atoms with Crippen LogP contribution >= 0.6 is 0 Å². The van der Waals surface area contributed by atoms with Gasteiger partial charge in [-0.15, -0.1) is 0 Å². The summed E-state index contributed by atoms with van der Waals surface area (Å²) in [5.41, 5.74) is 1.22. The Morgan fingerprint density at radius 2 is 2.22 bits per heavy atom. The van der Waals surface area contributed by atoms with E-state index < -0.39 is 0 Å². The van der Waals surface area contributed by atoms with E-state index in [0.717, 1.165) is 25.5 Å². The van der Waals surface area contributed by atoms with Crippen molar-refractivity contribution in [3.63, 3.8) is 0 Å². The van der Waals surface area contributed by atoms with Gasteiger partial charge in [-0.25, -0.2) is 9.97 Å². The third-order valence-electron chi connectivity index (χ3n) is 3.34. The number of hydrogen-bond acceptors (Lipinski definition) is 4. The first-order valence-electron chi connectivity index (χ1n) is 7.13. The first-order chi connectivity index (χ1) is 8.86. The summed E-state index contributed by atoms with van der Waals surface area (Å²) in [5.74, 6) is 1.14. The SMILES string of the molecule is CCCCN(c1ncncc1CNCC)C1CC1. The molecule has 4 nitrogen and oxygen atoms in total. The van der Waals surface area contributed by atoms with E-state index in [0.29, 0.717) is 6.04 Å². The summed E-state index contributed by atoms with van der Waals surface area (Å²) in [7, 11) is 0. The number of unbranched alkanes of at least 4 members (excludes halogenated alkanes) is 1. The molecule has 1 fully saturated rings. The van der Waals surface area contributed by atoms with Gasteiger partial charge in [-0.2, -0.15) is 0 Å². The summed E-state index contributed by atoms with van der Waals surface area (Å²) in [6.45, 7) is 7.33. The van der Waals surface area contributed by atoms with Gasteiger partial charge in [0.25, 0.3) is 0 Å². The van der Waals surface area contributed by atoms with E-state index >= 15 is 0 Å². The predicted molar refractivity (Wildman–Crippen MR) is 74.7 cm³/mol. The fraction of sp³-hybridized carbons (Fsp3) is 0.714. The van der Waals surface area contributed by atoms with E-state index in [1.165, 1.54) is 31.2 Å². The van der Waals surface area contributed by atoms with E-state index in [2.05, 4.69) is 34.0 Å². The molecular weight excluding hydrogens is 224 g/mol. The zero-order valence-electron chi connectivity index (χ0n) is 11.5. The number of anilines is 1. The van der Waals surface area contributed by atoms with Crippen LogP contribution in [0.15, 0.2) is 12.5 Å². The van der Waals surface area contributed by atoms with Crippen molar-refractivity contribution in [2.45, 2.75) is 52.1 Å². The number of aromatic nitrogens is 2. The third-order valence-corrected chi connectivity index (χ3v) is 3.34. The highest BCUT2D eigenvalue weighted by atomic mass is 15.2. The van der Waals surface area contributed by atoms with E-state index in [1.54, 1.807) is 6.33 Å². The Morgan fingerprint density at radius 3 is 2.89 bits per heavy atom. The normalized spacial score (nSPS) is 14.8. The Bertz CT molecular complexity index is 363. The molecule has 2 rings (SSSR count). The zero-order valence-corrected chi connectivity index (χ0v) is 11.5. The van der Waals surface area contributed by atoms with Crippen LogP contribution in [-0.2, 0) is 6.54 Å². The van der Waals surface area contributed by atoms with Crippen molar-refractivity contribution in [1.82, 2.24) is 15.3 Å². The van der Waals surface area contributed by atoms with Crippen molar-refractivity contribution in [2.75, 3.05) is 18.0 Å². The first-order valence-corrected chi connectivity index (χ1v) is 7.13. The topological polar surface area (TPSA) is 41.1 Å². The van der Waals surface area contributed by atoms with Crippen LogP contribution in [0.4, 0.5) is 5.82 Å². The summed E-state index contributed by atoms with van der Waals surface area (Å²) < 4.78 is 0. The summed E-state index contributed by atoms with van der Waals surface area (Å²) in [6, 6.07) is 0.715. The Kier molecular flexibility index (Phi) is 4.93. The molecule has 0 aromatic carbocycles. The fourth-order valence-electron chi connectivity index (χ4n) is 2.17. The van der Waals surface area contributed by atoms with E-state index in [9.17, 15) is 0 Å². The molecule has 1 aromatic rings. The van der Waals surface area contributed by atoms with Gasteiger partial charge in [-0.1, -0.05) is 20.3 Å². The molecule has 1 N–H and O–H groups in total. The average molecular weight is 248 g/mol. The maximum absolute atomic E-state index is 4.52. The van der Waals surface area contributed by atoms with E-state index in [-0.39, 0.29) is 0 Å². The molecule has 0 unspecified atom stereocenters. The largest absolute Gasteiger partial charge is 0.353 e. The minimum atomic E-state index is 0.715. The molecule has 0 amide bonds. The van der Waals surface area contributed by atoms with Crippen molar-refractivity contribution >= 4 is 5.82 Å². The van der Waals surface area contributed by atoms with Crippen LogP contribution in [0.5, 0.6) is 0 Å². The minimum Gasteiger partial charge on any atom is -0.353 e. The van der Waals surface area contributed by atoms with E-state index in [4.69, 9.17) is 0 Å². The molecule has 0 spiro atoms. The summed E-state index contributed by atoms with van der Waals surface area (Å²) in [5, 5.41) is 3.37. The van der Waals surface area contributed by atoms with Crippen molar-refractivity contribution in [2.24, 2.45) is 0 Å². The van der Waals surface area contributed by atoms with Gasteiger partial charge in [-0.3, -0.25) is 0 Å². The quantitative estimate of drug-likeness (QED) is 0.767. The number of nitrogens with zero attached hydrogens (tertiary/aromatic N) is 3. The van der Waals surface area contributed by atoms with Crippen molar-refractivity contribution in [3.05, 3.63) is 18.1 Å². The van der Waals surface area contributed by atoms with Crippen molar-refractivity contribution in [3.8, 4) is 0 Å². The van der Waals surface area contributed by atoms with Gasteiger partial charge < -0.3 is 10.2 Å². The number of hydrogen-bond donors (Lipinski definition) is 1. The Morgan fingerprint density at radius 1 is 1.39 bits per heavy atom. The predicted octanol–water partition coefficient (Wildman–Crippen LogP) is 2.36. The van der Waals surface area contributed by atoms with Crippen LogP contribution < -0.4 is 10.2 Å². The summed E-state index contributed by atoms with van der Waals surface area (Å²) in [4.78, 5) is 11.2. The molecule has 1 heterocycles. The molecule has 1 aliphatic carbocycles.